The van der Waals surface area contributed by atoms with E-state index in [-0.39, 0.29) is 12.1 Å². The summed E-state index contributed by atoms with van der Waals surface area (Å²) in [5.41, 5.74) is 1.24. The number of rotatable bonds is 5. The number of hydrogen-bond donors (Lipinski definition) is 2. The maximum absolute atomic E-state index is 11.2. The minimum absolute atomic E-state index is 0.188. The SMILES string of the molecule is COC(=O)NC1CCN(C(C)CCc2ccc(O)cc2)C1. The van der Waals surface area contributed by atoms with Crippen molar-refractivity contribution in [3.63, 3.8) is 0 Å². The first kappa shape index (κ1) is 15.6. The van der Waals surface area contributed by atoms with Gasteiger partial charge in [0, 0.05) is 25.2 Å². The zero-order valence-electron chi connectivity index (χ0n) is 12.7. The minimum Gasteiger partial charge on any atom is -0.508 e. The fourth-order valence-corrected chi connectivity index (χ4v) is 2.75. The molecule has 1 aromatic carbocycles. The second kappa shape index (κ2) is 7.31. The number of nitrogens with zero attached hydrogens (tertiary/aromatic N) is 1. The van der Waals surface area contributed by atoms with Crippen LogP contribution in [0.4, 0.5) is 4.79 Å². The molecule has 21 heavy (non-hydrogen) atoms. The summed E-state index contributed by atoms with van der Waals surface area (Å²) in [6.07, 6.45) is 2.68. The van der Waals surface area contributed by atoms with Crippen LogP contribution in [-0.2, 0) is 11.2 Å². The van der Waals surface area contributed by atoms with E-state index in [9.17, 15) is 9.90 Å². The fourth-order valence-electron chi connectivity index (χ4n) is 2.75. The number of aromatic hydroxyl groups is 1. The molecule has 0 aliphatic carbocycles. The Morgan fingerprint density at radius 3 is 2.86 bits per heavy atom. The highest BCUT2D eigenvalue weighted by molar-refractivity contribution is 5.67. The summed E-state index contributed by atoms with van der Waals surface area (Å²) in [5.74, 6) is 0.308. The molecule has 1 aromatic rings. The van der Waals surface area contributed by atoms with Crippen LogP contribution < -0.4 is 5.32 Å². The normalized spacial score (nSPS) is 20.2. The summed E-state index contributed by atoms with van der Waals surface area (Å²) in [6, 6.07) is 8.05. The number of nitrogens with one attached hydrogen (secondary N) is 1. The van der Waals surface area contributed by atoms with Crippen LogP contribution in [-0.4, -0.2) is 48.4 Å². The summed E-state index contributed by atoms with van der Waals surface area (Å²) in [5, 5.41) is 12.1. The number of ether oxygens (including phenoxy) is 1. The molecule has 116 valence electrons. The molecular formula is C16H24N2O3. The molecule has 1 saturated heterocycles. The average molecular weight is 292 g/mol. The maximum Gasteiger partial charge on any atom is 0.407 e. The number of hydrogen-bond acceptors (Lipinski definition) is 4. The number of methoxy groups -OCH3 is 1. The van der Waals surface area contributed by atoms with E-state index in [1.807, 2.05) is 12.1 Å². The van der Waals surface area contributed by atoms with Crippen molar-refractivity contribution in [2.45, 2.75) is 38.3 Å². The van der Waals surface area contributed by atoms with E-state index >= 15 is 0 Å². The Kier molecular flexibility index (Phi) is 5.44. The first-order valence-electron chi connectivity index (χ1n) is 7.45. The van der Waals surface area contributed by atoms with Crippen molar-refractivity contribution >= 4 is 6.09 Å². The molecule has 1 heterocycles. The summed E-state index contributed by atoms with van der Waals surface area (Å²) >= 11 is 0. The van der Waals surface area contributed by atoms with Gasteiger partial charge in [0.1, 0.15) is 5.75 Å². The number of aryl methyl sites for hydroxylation is 1. The number of likely N-dealkylation sites (tertiary alicyclic amines) is 1. The Balaban J connectivity index is 1.75. The highest BCUT2D eigenvalue weighted by atomic mass is 16.5. The van der Waals surface area contributed by atoms with E-state index < -0.39 is 0 Å². The molecular weight excluding hydrogens is 268 g/mol. The molecule has 2 N–H and O–H groups in total. The van der Waals surface area contributed by atoms with Crippen LogP contribution in [0.5, 0.6) is 5.75 Å². The summed E-state index contributed by atoms with van der Waals surface area (Å²) in [4.78, 5) is 13.6. The summed E-state index contributed by atoms with van der Waals surface area (Å²) < 4.78 is 4.63. The number of phenols is 1. The minimum atomic E-state index is -0.349. The lowest BCUT2D eigenvalue weighted by atomic mass is 10.1. The molecule has 1 aliphatic rings. The molecule has 2 atom stereocenters. The number of carbonyl (C=O) groups is 1. The van der Waals surface area contributed by atoms with Gasteiger partial charge in [-0.1, -0.05) is 12.1 Å². The lowest BCUT2D eigenvalue weighted by Crippen LogP contribution is -2.39. The molecule has 0 bridgehead atoms. The number of alkyl carbamates (subject to hydrolysis) is 1. The molecule has 0 spiro atoms. The predicted molar refractivity (Wildman–Crippen MR) is 81.4 cm³/mol. The molecule has 1 fully saturated rings. The van der Waals surface area contributed by atoms with Crippen LogP contribution in [0.1, 0.15) is 25.3 Å². The predicted octanol–water partition coefficient (Wildman–Crippen LogP) is 2.14. The van der Waals surface area contributed by atoms with E-state index in [0.717, 1.165) is 32.4 Å². The van der Waals surface area contributed by atoms with Crippen LogP contribution in [0.2, 0.25) is 0 Å². The van der Waals surface area contributed by atoms with Crippen molar-refractivity contribution in [2.24, 2.45) is 0 Å². The summed E-state index contributed by atoms with van der Waals surface area (Å²) in [7, 11) is 1.39. The van der Waals surface area contributed by atoms with Crippen molar-refractivity contribution in [2.75, 3.05) is 20.2 Å². The van der Waals surface area contributed by atoms with E-state index in [1.54, 1.807) is 12.1 Å². The van der Waals surface area contributed by atoms with Crippen molar-refractivity contribution in [1.29, 1.82) is 0 Å². The fraction of sp³-hybridized carbons (Fsp3) is 0.562. The molecule has 2 unspecified atom stereocenters. The smallest absolute Gasteiger partial charge is 0.407 e. The molecule has 1 aliphatic heterocycles. The van der Waals surface area contributed by atoms with Gasteiger partial charge in [-0.25, -0.2) is 4.79 Å². The number of phenolic OH excluding ortho intramolecular Hbond substituents is 1. The van der Waals surface area contributed by atoms with Gasteiger partial charge in [-0.3, -0.25) is 4.90 Å². The molecule has 1 amide bonds. The van der Waals surface area contributed by atoms with Crippen LogP contribution in [0.15, 0.2) is 24.3 Å². The maximum atomic E-state index is 11.2. The van der Waals surface area contributed by atoms with Gasteiger partial charge >= 0.3 is 6.09 Å². The Bertz CT molecular complexity index is 461. The standard InChI is InChI=1S/C16H24N2O3/c1-12(3-4-13-5-7-15(19)8-6-13)18-10-9-14(11-18)17-16(20)21-2/h5-8,12,14,19H,3-4,9-11H2,1-2H3,(H,17,20). The first-order chi connectivity index (χ1) is 10.1. The van der Waals surface area contributed by atoms with Crippen LogP contribution in [0.3, 0.4) is 0 Å². The highest BCUT2D eigenvalue weighted by Gasteiger charge is 2.27. The average Bonchev–Trinajstić information content (AvgIpc) is 2.94. The third kappa shape index (κ3) is 4.63. The second-order valence-electron chi connectivity index (χ2n) is 5.67. The first-order valence-corrected chi connectivity index (χ1v) is 7.45. The van der Waals surface area contributed by atoms with E-state index in [0.29, 0.717) is 11.8 Å². The van der Waals surface area contributed by atoms with Crippen LogP contribution >= 0.6 is 0 Å². The number of carbonyl (C=O) groups excluding carboxylic acids is 1. The van der Waals surface area contributed by atoms with E-state index in [4.69, 9.17) is 0 Å². The Morgan fingerprint density at radius 1 is 1.48 bits per heavy atom. The van der Waals surface area contributed by atoms with Crippen molar-refractivity contribution in [3.8, 4) is 5.75 Å². The highest BCUT2D eigenvalue weighted by Crippen LogP contribution is 2.18. The van der Waals surface area contributed by atoms with Gasteiger partial charge in [0.2, 0.25) is 0 Å². The number of amides is 1. The Hall–Kier alpha value is -1.75. The van der Waals surface area contributed by atoms with Crippen molar-refractivity contribution in [3.05, 3.63) is 29.8 Å². The third-order valence-corrected chi connectivity index (χ3v) is 4.14. The molecule has 0 aromatic heterocycles. The van der Waals surface area contributed by atoms with Crippen molar-refractivity contribution in [1.82, 2.24) is 10.2 Å². The lowest BCUT2D eigenvalue weighted by molar-refractivity contribution is 0.165. The summed E-state index contributed by atoms with van der Waals surface area (Å²) in [6.45, 7) is 4.11. The third-order valence-electron chi connectivity index (χ3n) is 4.14. The molecule has 5 nitrogen and oxygen atoms in total. The Morgan fingerprint density at radius 2 is 2.19 bits per heavy atom. The molecule has 2 rings (SSSR count). The van der Waals surface area contributed by atoms with Gasteiger partial charge in [0.05, 0.1) is 7.11 Å². The monoisotopic (exact) mass is 292 g/mol. The van der Waals surface area contributed by atoms with Crippen LogP contribution in [0, 0.1) is 0 Å². The largest absolute Gasteiger partial charge is 0.508 e. The van der Waals surface area contributed by atoms with E-state index in [1.165, 1.54) is 12.7 Å². The molecule has 0 saturated carbocycles. The molecule has 5 heteroatoms. The van der Waals surface area contributed by atoms with Crippen LogP contribution in [0.25, 0.3) is 0 Å². The van der Waals surface area contributed by atoms with Gasteiger partial charge in [-0.05, 0) is 43.9 Å². The Labute approximate surface area is 125 Å². The topological polar surface area (TPSA) is 61.8 Å². The zero-order chi connectivity index (χ0) is 15.2. The quantitative estimate of drug-likeness (QED) is 0.873. The second-order valence-corrected chi connectivity index (χ2v) is 5.67. The van der Waals surface area contributed by atoms with Crippen molar-refractivity contribution < 1.29 is 14.6 Å². The van der Waals surface area contributed by atoms with Gasteiger partial charge in [-0.15, -0.1) is 0 Å². The number of benzene rings is 1. The zero-order valence-corrected chi connectivity index (χ0v) is 12.7. The molecule has 0 radical (unpaired) electrons. The van der Waals surface area contributed by atoms with Gasteiger partial charge in [0.15, 0.2) is 0 Å². The van der Waals surface area contributed by atoms with E-state index in [2.05, 4.69) is 21.9 Å². The van der Waals surface area contributed by atoms with Gasteiger partial charge in [0.25, 0.3) is 0 Å². The van der Waals surface area contributed by atoms with Gasteiger partial charge < -0.3 is 15.2 Å². The lowest BCUT2D eigenvalue weighted by Gasteiger charge is -2.24. The van der Waals surface area contributed by atoms with Gasteiger partial charge in [-0.2, -0.15) is 0 Å².